The van der Waals surface area contributed by atoms with Crippen molar-refractivity contribution in [3.05, 3.63) is 34.9 Å². The molecule has 0 aliphatic carbocycles. The molecule has 0 radical (unpaired) electrons. The van der Waals surface area contributed by atoms with Gasteiger partial charge in [0.05, 0.1) is 6.61 Å². The summed E-state index contributed by atoms with van der Waals surface area (Å²) in [6.45, 7) is 2.33. The normalized spacial score (nSPS) is 12.2. The number of ether oxygens (including phenoxy) is 1. The highest BCUT2D eigenvalue weighted by atomic mass is 35.5. The van der Waals surface area contributed by atoms with Gasteiger partial charge in [0.15, 0.2) is 6.10 Å². The van der Waals surface area contributed by atoms with Crippen LogP contribution in [0.3, 0.4) is 0 Å². The molecule has 1 atom stereocenters. The number of rotatable bonds is 5. The van der Waals surface area contributed by atoms with Crippen LogP contribution in [0.1, 0.15) is 31.4 Å². The van der Waals surface area contributed by atoms with Crippen molar-refractivity contribution in [2.75, 3.05) is 6.61 Å². The predicted molar refractivity (Wildman–Crippen MR) is 62.3 cm³/mol. The molecule has 1 N–H and O–H groups in total. The van der Waals surface area contributed by atoms with Gasteiger partial charge in [-0.25, -0.2) is 4.79 Å². The Labute approximate surface area is 100.0 Å². The SMILES string of the molecule is CCCCOC(=O)C(O)c1ccccc1Cl. The highest BCUT2D eigenvalue weighted by molar-refractivity contribution is 6.31. The average molecular weight is 243 g/mol. The van der Waals surface area contributed by atoms with Crippen LogP contribution < -0.4 is 0 Å². The van der Waals surface area contributed by atoms with Crippen LogP contribution in [0.25, 0.3) is 0 Å². The first-order valence-corrected chi connectivity index (χ1v) is 5.63. The Morgan fingerprint density at radius 1 is 1.50 bits per heavy atom. The molecule has 0 aliphatic heterocycles. The number of benzene rings is 1. The minimum Gasteiger partial charge on any atom is -0.464 e. The smallest absolute Gasteiger partial charge is 0.339 e. The van der Waals surface area contributed by atoms with Crippen LogP contribution in [0, 0.1) is 0 Å². The number of hydrogen-bond acceptors (Lipinski definition) is 3. The Balaban J connectivity index is 2.60. The minimum absolute atomic E-state index is 0.330. The van der Waals surface area contributed by atoms with Crippen LogP contribution >= 0.6 is 11.6 Å². The highest BCUT2D eigenvalue weighted by Crippen LogP contribution is 2.23. The maximum absolute atomic E-state index is 11.4. The number of aliphatic hydroxyl groups excluding tert-OH is 1. The van der Waals surface area contributed by atoms with E-state index in [0.29, 0.717) is 17.2 Å². The average Bonchev–Trinajstić information content (AvgIpc) is 2.29. The molecule has 0 amide bonds. The Morgan fingerprint density at radius 3 is 2.81 bits per heavy atom. The van der Waals surface area contributed by atoms with Gasteiger partial charge in [-0.05, 0) is 12.5 Å². The van der Waals surface area contributed by atoms with Gasteiger partial charge >= 0.3 is 5.97 Å². The first-order valence-electron chi connectivity index (χ1n) is 5.26. The number of unbranched alkanes of at least 4 members (excludes halogenated alkanes) is 1. The number of esters is 1. The molecule has 1 aromatic rings. The van der Waals surface area contributed by atoms with Crippen LogP contribution in [0.5, 0.6) is 0 Å². The summed E-state index contributed by atoms with van der Waals surface area (Å²) in [7, 11) is 0. The second-order valence-electron chi connectivity index (χ2n) is 3.45. The monoisotopic (exact) mass is 242 g/mol. The zero-order valence-electron chi connectivity index (χ0n) is 9.15. The summed E-state index contributed by atoms with van der Waals surface area (Å²) >= 11 is 5.86. The van der Waals surface area contributed by atoms with Crippen molar-refractivity contribution in [2.45, 2.75) is 25.9 Å². The Kier molecular flexibility index (Phi) is 5.29. The predicted octanol–water partition coefficient (Wildman–Crippen LogP) is 2.72. The summed E-state index contributed by atoms with van der Waals surface area (Å²) in [6.07, 6.45) is 0.432. The third-order valence-electron chi connectivity index (χ3n) is 2.17. The maximum atomic E-state index is 11.4. The number of aliphatic hydroxyl groups is 1. The molecular formula is C12H15ClO3. The fraction of sp³-hybridized carbons (Fsp3) is 0.417. The van der Waals surface area contributed by atoms with E-state index < -0.39 is 12.1 Å². The van der Waals surface area contributed by atoms with Gasteiger partial charge < -0.3 is 9.84 Å². The molecule has 0 fully saturated rings. The summed E-state index contributed by atoms with van der Waals surface area (Å²) in [6, 6.07) is 6.68. The lowest BCUT2D eigenvalue weighted by Gasteiger charge is -2.11. The fourth-order valence-corrected chi connectivity index (χ4v) is 1.46. The zero-order chi connectivity index (χ0) is 12.0. The molecule has 1 aromatic carbocycles. The van der Waals surface area contributed by atoms with Crippen LogP contribution in [-0.2, 0) is 9.53 Å². The van der Waals surface area contributed by atoms with Gasteiger partial charge in [-0.15, -0.1) is 0 Å². The molecule has 0 saturated carbocycles. The summed E-state index contributed by atoms with van der Waals surface area (Å²) in [5, 5.41) is 10.1. The molecule has 0 bridgehead atoms. The fourth-order valence-electron chi connectivity index (χ4n) is 1.22. The van der Waals surface area contributed by atoms with Gasteiger partial charge in [-0.2, -0.15) is 0 Å². The third kappa shape index (κ3) is 3.51. The van der Waals surface area contributed by atoms with Crippen LogP contribution in [0.4, 0.5) is 0 Å². The van der Waals surface area contributed by atoms with Gasteiger partial charge in [-0.1, -0.05) is 43.1 Å². The third-order valence-corrected chi connectivity index (χ3v) is 2.51. The topological polar surface area (TPSA) is 46.5 Å². The number of carbonyl (C=O) groups is 1. The molecule has 3 nitrogen and oxygen atoms in total. The second-order valence-corrected chi connectivity index (χ2v) is 3.85. The molecule has 1 unspecified atom stereocenters. The van der Waals surface area contributed by atoms with Crippen LogP contribution in [0.15, 0.2) is 24.3 Å². The number of carbonyl (C=O) groups excluding carboxylic acids is 1. The minimum atomic E-state index is -1.30. The van der Waals surface area contributed by atoms with E-state index in [4.69, 9.17) is 16.3 Å². The van der Waals surface area contributed by atoms with Crippen molar-refractivity contribution < 1.29 is 14.6 Å². The van der Waals surface area contributed by atoms with Gasteiger partial charge in [0.1, 0.15) is 0 Å². The van der Waals surface area contributed by atoms with E-state index in [1.807, 2.05) is 6.92 Å². The quantitative estimate of drug-likeness (QED) is 0.638. The second kappa shape index (κ2) is 6.51. The summed E-state index contributed by atoms with van der Waals surface area (Å²) in [5.41, 5.74) is 0.380. The van der Waals surface area contributed by atoms with E-state index >= 15 is 0 Å². The Bertz CT molecular complexity index is 352. The van der Waals surface area contributed by atoms with E-state index in [0.717, 1.165) is 12.8 Å². The molecular weight excluding hydrogens is 228 g/mol. The van der Waals surface area contributed by atoms with Crippen molar-refractivity contribution in [3.63, 3.8) is 0 Å². The van der Waals surface area contributed by atoms with Gasteiger partial charge in [0.25, 0.3) is 0 Å². The zero-order valence-corrected chi connectivity index (χ0v) is 9.91. The van der Waals surface area contributed by atoms with E-state index in [2.05, 4.69) is 0 Å². The number of hydrogen-bond donors (Lipinski definition) is 1. The largest absolute Gasteiger partial charge is 0.464 e. The summed E-state index contributed by atoms with van der Waals surface area (Å²) in [4.78, 5) is 11.4. The van der Waals surface area contributed by atoms with E-state index in [1.54, 1.807) is 24.3 Å². The van der Waals surface area contributed by atoms with Crippen molar-refractivity contribution >= 4 is 17.6 Å². The molecule has 16 heavy (non-hydrogen) atoms. The number of halogens is 1. The molecule has 0 spiro atoms. The molecule has 0 aliphatic rings. The van der Waals surface area contributed by atoms with Gasteiger partial charge in [0, 0.05) is 10.6 Å². The molecule has 0 aromatic heterocycles. The standard InChI is InChI=1S/C12H15ClO3/c1-2-3-8-16-12(15)11(14)9-6-4-5-7-10(9)13/h4-7,11,14H,2-3,8H2,1H3. The van der Waals surface area contributed by atoms with Crippen LogP contribution in [0.2, 0.25) is 5.02 Å². The van der Waals surface area contributed by atoms with E-state index in [1.165, 1.54) is 0 Å². The molecule has 1 rings (SSSR count). The lowest BCUT2D eigenvalue weighted by molar-refractivity contribution is -0.154. The summed E-state index contributed by atoms with van der Waals surface area (Å²) in [5.74, 6) is -0.651. The lowest BCUT2D eigenvalue weighted by atomic mass is 10.1. The van der Waals surface area contributed by atoms with Crippen molar-refractivity contribution in [1.82, 2.24) is 0 Å². The molecule has 4 heteroatoms. The van der Waals surface area contributed by atoms with Crippen molar-refractivity contribution in [3.8, 4) is 0 Å². The highest BCUT2D eigenvalue weighted by Gasteiger charge is 2.20. The van der Waals surface area contributed by atoms with Gasteiger partial charge in [-0.3, -0.25) is 0 Å². The van der Waals surface area contributed by atoms with E-state index in [-0.39, 0.29) is 0 Å². The first-order chi connectivity index (χ1) is 7.66. The maximum Gasteiger partial charge on any atom is 0.339 e. The first kappa shape index (κ1) is 13.0. The molecule has 0 heterocycles. The van der Waals surface area contributed by atoms with Crippen molar-refractivity contribution in [2.24, 2.45) is 0 Å². The Morgan fingerprint density at radius 2 is 2.19 bits per heavy atom. The van der Waals surface area contributed by atoms with Crippen LogP contribution in [-0.4, -0.2) is 17.7 Å². The molecule has 0 saturated heterocycles. The van der Waals surface area contributed by atoms with Gasteiger partial charge in [0.2, 0.25) is 0 Å². The van der Waals surface area contributed by atoms with Crippen molar-refractivity contribution in [1.29, 1.82) is 0 Å². The summed E-state index contributed by atoms with van der Waals surface area (Å²) < 4.78 is 4.91. The Hall–Kier alpha value is -1.06. The lowest BCUT2D eigenvalue weighted by Crippen LogP contribution is -2.16. The molecule has 88 valence electrons. The van der Waals surface area contributed by atoms with E-state index in [9.17, 15) is 9.90 Å².